The number of carbonyl (C=O) groups is 1. The quantitative estimate of drug-likeness (QED) is 0.749. The van der Waals surface area contributed by atoms with Crippen LogP contribution in [0.15, 0.2) is 48.7 Å². The monoisotopic (exact) mass is 267 g/mol. The molecule has 2 heterocycles. The van der Waals surface area contributed by atoms with Gasteiger partial charge in [0.05, 0.1) is 11.9 Å². The molecule has 0 aliphatic heterocycles. The summed E-state index contributed by atoms with van der Waals surface area (Å²) < 4.78 is 1.63. The van der Waals surface area contributed by atoms with E-state index in [1.807, 2.05) is 37.3 Å². The van der Waals surface area contributed by atoms with E-state index in [9.17, 15) is 4.79 Å². The molecule has 100 valence electrons. The second kappa shape index (κ2) is 5.00. The third-order valence-corrected chi connectivity index (χ3v) is 2.73. The smallest absolute Gasteiger partial charge is 0.308 e. The zero-order chi connectivity index (χ0) is 13.9. The van der Waals surface area contributed by atoms with E-state index in [1.54, 1.807) is 22.8 Å². The van der Waals surface area contributed by atoms with Crippen molar-refractivity contribution in [3.8, 4) is 0 Å². The predicted molar refractivity (Wildman–Crippen MR) is 76.8 cm³/mol. The lowest BCUT2D eigenvalue weighted by Crippen LogP contribution is -2.19. The molecule has 0 saturated carbocycles. The molecule has 6 nitrogen and oxygen atoms in total. The lowest BCUT2D eigenvalue weighted by Gasteiger charge is -2.07. The van der Waals surface area contributed by atoms with Crippen LogP contribution >= 0.6 is 0 Å². The third kappa shape index (κ3) is 2.59. The van der Waals surface area contributed by atoms with E-state index in [0.29, 0.717) is 11.5 Å². The molecule has 2 aromatic heterocycles. The molecule has 0 spiro atoms. The number of rotatable bonds is 2. The van der Waals surface area contributed by atoms with Crippen molar-refractivity contribution >= 4 is 23.1 Å². The SMILES string of the molecule is Cc1nc2ccc(NC(=O)Nc3ccccc3)cn2n1. The summed E-state index contributed by atoms with van der Waals surface area (Å²) in [5.74, 6) is 0.691. The second-order valence-corrected chi connectivity index (χ2v) is 4.32. The van der Waals surface area contributed by atoms with Gasteiger partial charge in [-0.25, -0.2) is 14.3 Å². The van der Waals surface area contributed by atoms with Crippen LogP contribution < -0.4 is 10.6 Å². The van der Waals surface area contributed by atoms with Crippen LogP contribution in [0.25, 0.3) is 5.65 Å². The maximum atomic E-state index is 11.9. The number of hydrogen-bond donors (Lipinski definition) is 2. The van der Waals surface area contributed by atoms with Gasteiger partial charge in [0, 0.05) is 5.69 Å². The molecule has 3 aromatic rings. The number of aromatic nitrogens is 3. The average Bonchev–Trinajstić information content (AvgIpc) is 2.79. The van der Waals surface area contributed by atoms with Gasteiger partial charge in [-0.05, 0) is 31.2 Å². The minimum absolute atomic E-state index is 0.299. The zero-order valence-electron chi connectivity index (χ0n) is 10.9. The van der Waals surface area contributed by atoms with Crippen LogP contribution in [0.2, 0.25) is 0 Å². The van der Waals surface area contributed by atoms with Crippen LogP contribution in [0.1, 0.15) is 5.82 Å². The van der Waals surface area contributed by atoms with E-state index in [0.717, 1.165) is 11.3 Å². The van der Waals surface area contributed by atoms with Crippen LogP contribution in [0.5, 0.6) is 0 Å². The number of nitrogens with one attached hydrogen (secondary N) is 2. The fraction of sp³-hybridized carbons (Fsp3) is 0.0714. The first-order valence-electron chi connectivity index (χ1n) is 6.17. The van der Waals surface area contributed by atoms with Gasteiger partial charge < -0.3 is 10.6 Å². The number of nitrogens with zero attached hydrogens (tertiary/aromatic N) is 3. The molecule has 20 heavy (non-hydrogen) atoms. The summed E-state index contributed by atoms with van der Waals surface area (Å²) in [5, 5.41) is 9.70. The molecule has 0 radical (unpaired) electrons. The molecule has 2 N–H and O–H groups in total. The standard InChI is InChI=1S/C14H13N5O/c1-10-15-13-8-7-12(9-19(13)18-10)17-14(20)16-11-5-3-2-4-6-11/h2-9H,1H3,(H2,16,17,20). The Labute approximate surface area is 115 Å². The first-order valence-corrected chi connectivity index (χ1v) is 6.17. The highest BCUT2D eigenvalue weighted by atomic mass is 16.2. The lowest BCUT2D eigenvalue weighted by atomic mass is 10.3. The van der Waals surface area contributed by atoms with Gasteiger partial charge >= 0.3 is 6.03 Å². The fourth-order valence-electron chi connectivity index (χ4n) is 1.88. The van der Waals surface area contributed by atoms with Gasteiger partial charge in [0.15, 0.2) is 5.65 Å². The molecule has 0 bridgehead atoms. The first kappa shape index (κ1) is 12.2. The Kier molecular flexibility index (Phi) is 3.04. The highest BCUT2D eigenvalue weighted by molar-refractivity contribution is 5.99. The van der Waals surface area contributed by atoms with Gasteiger partial charge in [-0.3, -0.25) is 0 Å². The van der Waals surface area contributed by atoms with Crippen LogP contribution in [0.3, 0.4) is 0 Å². The second-order valence-electron chi connectivity index (χ2n) is 4.32. The number of anilines is 2. The molecule has 3 rings (SSSR count). The Morgan fingerprint density at radius 1 is 1.05 bits per heavy atom. The molecular formula is C14H13N5O. The average molecular weight is 267 g/mol. The number of urea groups is 1. The van der Waals surface area contributed by atoms with Crippen molar-refractivity contribution in [3.63, 3.8) is 0 Å². The predicted octanol–water partition coefficient (Wildman–Crippen LogP) is 2.68. The van der Waals surface area contributed by atoms with Crippen LogP contribution in [-0.4, -0.2) is 20.6 Å². The Balaban J connectivity index is 1.74. The highest BCUT2D eigenvalue weighted by Gasteiger charge is 2.04. The largest absolute Gasteiger partial charge is 0.323 e. The maximum Gasteiger partial charge on any atom is 0.323 e. The number of pyridine rings is 1. The number of hydrogen-bond acceptors (Lipinski definition) is 3. The van der Waals surface area contributed by atoms with Crippen molar-refractivity contribution < 1.29 is 4.79 Å². The summed E-state index contributed by atoms with van der Waals surface area (Å²) in [6, 6.07) is 12.6. The van der Waals surface area contributed by atoms with E-state index in [1.165, 1.54) is 0 Å². The highest BCUT2D eigenvalue weighted by Crippen LogP contribution is 2.11. The van der Waals surface area contributed by atoms with Crippen molar-refractivity contribution in [2.45, 2.75) is 6.92 Å². The molecule has 0 atom stereocenters. The molecule has 0 saturated heterocycles. The van der Waals surface area contributed by atoms with Crippen molar-refractivity contribution in [2.24, 2.45) is 0 Å². The number of carbonyl (C=O) groups excluding carboxylic acids is 1. The summed E-state index contributed by atoms with van der Waals surface area (Å²) >= 11 is 0. The van der Waals surface area contributed by atoms with Crippen molar-refractivity contribution in [3.05, 3.63) is 54.5 Å². The molecule has 0 unspecified atom stereocenters. The molecule has 0 aliphatic rings. The summed E-state index contributed by atoms with van der Waals surface area (Å²) in [7, 11) is 0. The zero-order valence-corrected chi connectivity index (χ0v) is 10.9. The van der Waals surface area contributed by atoms with Crippen LogP contribution in [0, 0.1) is 6.92 Å². The van der Waals surface area contributed by atoms with Crippen molar-refractivity contribution in [2.75, 3.05) is 10.6 Å². The summed E-state index contributed by atoms with van der Waals surface area (Å²) in [6.07, 6.45) is 1.72. The summed E-state index contributed by atoms with van der Waals surface area (Å²) in [6.45, 7) is 1.82. The van der Waals surface area contributed by atoms with Crippen LogP contribution in [0.4, 0.5) is 16.2 Å². The van der Waals surface area contributed by atoms with E-state index in [-0.39, 0.29) is 6.03 Å². The maximum absolute atomic E-state index is 11.9. The van der Waals surface area contributed by atoms with Gasteiger partial charge in [0.25, 0.3) is 0 Å². The van der Waals surface area contributed by atoms with Gasteiger partial charge in [-0.1, -0.05) is 18.2 Å². The normalized spacial score (nSPS) is 10.4. The minimum atomic E-state index is -0.299. The topological polar surface area (TPSA) is 71.3 Å². The van der Waals surface area contributed by atoms with Crippen molar-refractivity contribution in [1.29, 1.82) is 0 Å². The van der Waals surface area contributed by atoms with E-state index < -0.39 is 0 Å². The number of fused-ring (bicyclic) bond motifs is 1. The number of aryl methyl sites for hydroxylation is 1. The molecule has 2 amide bonds. The summed E-state index contributed by atoms with van der Waals surface area (Å²) in [4.78, 5) is 16.1. The third-order valence-electron chi connectivity index (χ3n) is 2.73. The lowest BCUT2D eigenvalue weighted by molar-refractivity contribution is 0.262. The Bertz CT molecular complexity index is 751. The molecular weight excluding hydrogens is 254 g/mol. The Morgan fingerprint density at radius 3 is 2.60 bits per heavy atom. The Hall–Kier alpha value is -2.89. The number of benzene rings is 1. The number of amides is 2. The van der Waals surface area contributed by atoms with Gasteiger partial charge in [-0.2, -0.15) is 5.10 Å². The van der Waals surface area contributed by atoms with E-state index >= 15 is 0 Å². The summed E-state index contributed by atoms with van der Waals surface area (Å²) in [5.41, 5.74) is 2.13. The minimum Gasteiger partial charge on any atom is -0.308 e. The van der Waals surface area contributed by atoms with E-state index in [2.05, 4.69) is 20.7 Å². The van der Waals surface area contributed by atoms with E-state index in [4.69, 9.17) is 0 Å². The molecule has 0 fully saturated rings. The Morgan fingerprint density at radius 2 is 1.80 bits per heavy atom. The first-order chi connectivity index (χ1) is 9.70. The van der Waals surface area contributed by atoms with Crippen LogP contribution in [-0.2, 0) is 0 Å². The molecule has 6 heteroatoms. The number of para-hydroxylation sites is 1. The molecule has 1 aromatic carbocycles. The molecule has 0 aliphatic carbocycles. The van der Waals surface area contributed by atoms with Gasteiger partial charge in [0.1, 0.15) is 5.82 Å². The van der Waals surface area contributed by atoms with Crippen molar-refractivity contribution in [1.82, 2.24) is 14.6 Å². The van der Waals surface area contributed by atoms with Gasteiger partial charge in [-0.15, -0.1) is 0 Å². The fourth-order valence-corrected chi connectivity index (χ4v) is 1.88. The van der Waals surface area contributed by atoms with Gasteiger partial charge in [0.2, 0.25) is 0 Å².